The number of methoxy groups -OCH3 is 1. The molecule has 1 aliphatic carbocycles. The maximum atomic E-state index is 12.5. The van der Waals surface area contributed by atoms with E-state index in [1.807, 2.05) is 39.0 Å². The Morgan fingerprint density at radius 2 is 2.09 bits per heavy atom. The van der Waals surface area contributed by atoms with Crippen LogP contribution in [0.25, 0.3) is 10.9 Å². The number of pyridine rings is 1. The molecule has 2 heterocycles. The van der Waals surface area contributed by atoms with E-state index in [1.54, 1.807) is 6.07 Å². The van der Waals surface area contributed by atoms with Crippen LogP contribution in [-0.4, -0.2) is 33.6 Å². The number of nitriles is 1. The molecule has 0 spiro atoms. The third-order valence-corrected chi connectivity index (χ3v) is 5.88. The molecule has 0 amide bonds. The molecule has 4 rings (SSSR count). The fourth-order valence-corrected chi connectivity index (χ4v) is 4.39. The Hall–Kier alpha value is -2.87. The Morgan fingerprint density at radius 3 is 2.78 bits per heavy atom. The summed E-state index contributed by atoms with van der Waals surface area (Å²) in [7, 11) is 1.51. The van der Waals surface area contributed by atoms with Crippen LogP contribution in [0.5, 0.6) is 11.6 Å². The van der Waals surface area contributed by atoms with Gasteiger partial charge in [0.25, 0.3) is 0 Å². The lowest BCUT2D eigenvalue weighted by molar-refractivity contribution is 0.0522. The summed E-state index contributed by atoms with van der Waals surface area (Å²) in [6, 6.07) is 9.47. The van der Waals surface area contributed by atoms with Gasteiger partial charge >= 0.3 is 6.09 Å². The molecule has 166 valence electrons. The lowest BCUT2D eigenvalue weighted by Crippen LogP contribution is -2.27. The van der Waals surface area contributed by atoms with Crippen molar-refractivity contribution in [1.29, 1.82) is 5.26 Å². The number of nitrogens with zero attached hydrogens (tertiary/aromatic N) is 4. The number of aryl methyl sites for hydroxylation is 1. The number of aromatic nitrogens is 3. The first-order chi connectivity index (χ1) is 15.2. The van der Waals surface area contributed by atoms with E-state index in [2.05, 4.69) is 38.7 Å². The first-order valence-electron chi connectivity index (χ1n) is 10.3. The summed E-state index contributed by atoms with van der Waals surface area (Å²) >= 11 is 2.10. The molecule has 0 radical (unpaired) electrons. The van der Waals surface area contributed by atoms with Crippen LogP contribution in [-0.2, 0) is 11.2 Å². The average Bonchev–Trinajstić information content (AvgIpc) is 3.08. The maximum absolute atomic E-state index is 12.5. The van der Waals surface area contributed by atoms with Gasteiger partial charge in [-0.15, -0.1) is 0 Å². The molecule has 8 nitrogen and oxygen atoms in total. The van der Waals surface area contributed by atoms with Crippen molar-refractivity contribution in [1.82, 2.24) is 14.8 Å². The molecule has 0 fully saturated rings. The molecule has 1 atom stereocenters. The van der Waals surface area contributed by atoms with Crippen molar-refractivity contribution in [3.63, 3.8) is 0 Å². The number of carbonyl (C=O) groups is 1. The van der Waals surface area contributed by atoms with Gasteiger partial charge in [0.05, 0.1) is 18.3 Å². The van der Waals surface area contributed by atoms with Crippen molar-refractivity contribution in [2.24, 2.45) is 0 Å². The van der Waals surface area contributed by atoms with Crippen LogP contribution < -0.4 is 9.47 Å². The Bertz CT molecular complexity index is 1240. The predicted octanol–water partition coefficient (Wildman–Crippen LogP) is 5.16. The SMILES string of the molecule is COc1nc2c(cc1C#N)CCC[C@@H]2Oc1ccc2c(c1)c(I)nn2C(=O)OC(C)(C)C. The zero-order valence-corrected chi connectivity index (χ0v) is 20.5. The van der Waals surface area contributed by atoms with Crippen LogP contribution in [0.15, 0.2) is 24.3 Å². The highest BCUT2D eigenvalue weighted by Gasteiger charge is 2.27. The molecule has 0 aliphatic heterocycles. The van der Waals surface area contributed by atoms with Crippen LogP contribution in [0.3, 0.4) is 0 Å². The first kappa shape index (κ1) is 22.3. The normalized spacial score (nSPS) is 15.7. The summed E-state index contributed by atoms with van der Waals surface area (Å²) in [6.07, 6.45) is 1.82. The van der Waals surface area contributed by atoms with Crippen molar-refractivity contribution in [2.45, 2.75) is 51.7 Å². The summed E-state index contributed by atoms with van der Waals surface area (Å²) in [5.74, 6) is 0.965. The topological polar surface area (TPSA) is 99.3 Å². The Balaban J connectivity index is 1.65. The molecule has 0 N–H and O–H groups in total. The molecule has 0 saturated heterocycles. The minimum Gasteiger partial charge on any atom is -0.484 e. The highest BCUT2D eigenvalue weighted by Crippen LogP contribution is 2.36. The van der Waals surface area contributed by atoms with Crippen LogP contribution >= 0.6 is 22.6 Å². The van der Waals surface area contributed by atoms with E-state index in [1.165, 1.54) is 11.8 Å². The standard InChI is InChI=1S/C23H23IN4O4/c1-23(2,3)32-22(29)28-17-9-8-15(11-16(17)20(24)27-28)31-18-7-5-6-13-10-14(12-25)21(30-4)26-19(13)18/h8-11,18H,5-7H2,1-4H3/t18-/m0/s1. The van der Waals surface area contributed by atoms with E-state index in [0.717, 1.165) is 35.9 Å². The zero-order chi connectivity index (χ0) is 23.0. The van der Waals surface area contributed by atoms with Gasteiger partial charge in [0.15, 0.2) is 0 Å². The van der Waals surface area contributed by atoms with Gasteiger partial charge in [0, 0.05) is 5.39 Å². The number of benzene rings is 1. The Morgan fingerprint density at radius 1 is 1.31 bits per heavy atom. The molecule has 1 aromatic carbocycles. The smallest absolute Gasteiger partial charge is 0.435 e. The van der Waals surface area contributed by atoms with E-state index >= 15 is 0 Å². The van der Waals surface area contributed by atoms with E-state index < -0.39 is 11.7 Å². The summed E-state index contributed by atoms with van der Waals surface area (Å²) < 4.78 is 19.0. The molecule has 1 aliphatic rings. The van der Waals surface area contributed by atoms with Crippen LogP contribution in [0.4, 0.5) is 4.79 Å². The molecule has 0 saturated carbocycles. The quantitative estimate of drug-likeness (QED) is 0.419. The number of rotatable bonds is 3. The molecule has 32 heavy (non-hydrogen) atoms. The minimum absolute atomic E-state index is 0.253. The summed E-state index contributed by atoms with van der Waals surface area (Å²) in [5, 5.41) is 14.5. The summed E-state index contributed by atoms with van der Waals surface area (Å²) in [5.41, 5.74) is 2.27. The number of halogens is 1. The highest BCUT2D eigenvalue weighted by molar-refractivity contribution is 14.1. The lowest BCUT2D eigenvalue weighted by Gasteiger charge is -2.26. The largest absolute Gasteiger partial charge is 0.484 e. The zero-order valence-electron chi connectivity index (χ0n) is 18.3. The maximum Gasteiger partial charge on any atom is 0.435 e. The predicted molar refractivity (Wildman–Crippen MR) is 126 cm³/mol. The van der Waals surface area contributed by atoms with Crippen LogP contribution in [0.1, 0.15) is 56.5 Å². The van der Waals surface area contributed by atoms with Gasteiger partial charge in [-0.3, -0.25) is 0 Å². The van der Waals surface area contributed by atoms with Crippen molar-refractivity contribution >= 4 is 39.6 Å². The number of carbonyl (C=O) groups excluding carboxylic acids is 1. The average molecular weight is 546 g/mol. The third-order valence-electron chi connectivity index (χ3n) is 5.08. The fourth-order valence-electron chi connectivity index (χ4n) is 3.74. The molecule has 3 aromatic rings. The highest BCUT2D eigenvalue weighted by atomic mass is 127. The Labute approximate surface area is 199 Å². The first-order valence-corrected chi connectivity index (χ1v) is 11.3. The lowest BCUT2D eigenvalue weighted by atomic mass is 9.92. The Kier molecular flexibility index (Phi) is 5.99. The van der Waals surface area contributed by atoms with Crippen LogP contribution in [0.2, 0.25) is 0 Å². The second-order valence-electron chi connectivity index (χ2n) is 8.56. The molecule has 0 unspecified atom stereocenters. The summed E-state index contributed by atoms with van der Waals surface area (Å²) in [6.45, 7) is 5.45. The monoisotopic (exact) mass is 546 g/mol. The molecule has 0 bridgehead atoms. The number of hydrogen-bond acceptors (Lipinski definition) is 7. The van der Waals surface area contributed by atoms with E-state index in [4.69, 9.17) is 14.2 Å². The van der Waals surface area contributed by atoms with Gasteiger partial charge in [-0.05, 0) is 92.5 Å². The molecular weight excluding hydrogens is 523 g/mol. The number of ether oxygens (including phenoxy) is 3. The summed E-state index contributed by atoms with van der Waals surface area (Å²) in [4.78, 5) is 17.1. The number of hydrogen-bond donors (Lipinski definition) is 0. The van der Waals surface area contributed by atoms with E-state index in [9.17, 15) is 10.1 Å². The third kappa shape index (κ3) is 4.37. The van der Waals surface area contributed by atoms with Crippen molar-refractivity contribution in [3.8, 4) is 17.7 Å². The van der Waals surface area contributed by atoms with Gasteiger partial charge in [-0.25, -0.2) is 9.78 Å². The van der Waals surface area contributed by atoms with Gasteiger partial charge < -0.3 is 14.2 Å². The van der Waals surface area contributed by atoms with Gasteiger partial charge in [-0.1, -0.05) is 0 Å². The fraction of sp³-hybridized carbons (Fsp3) is 0.391. The second kappa shape index (κ2) is 8.58. The van der Waals surface area contributed by atoms with Crippen molar-refractivity contribution in [2.75, 3.05) is 7.11 Å². The van der Waals surface area contributed by atoms with Gasteiger partial charge in [0.2, 0.25) is 5.88 Å². The van der Waals surface area contributed by atoms with E-state index in [-0.39, 0.29) is 6.10 Å². The van der Waals surface area contributed by atoms with Gasteiger partial charge in [-0.2, -0.15) is 15.0 Å². The molecule has 9 heteroatoms. The number of fused-ring (bicyclic) bond motifs is 2. The van der Waals surface area contributed by atoms with Crippen molar-refractivity contribution < 1.29 is 19.0 Å². The van der Waals surface area contributed by atoms with Gasteiger partial charge in [0.1, 0.15) is 32.8 Å². The van der Waals surface area contributed by atoms with Crippen molar-refractivity contribution in [3.05, 3.63) is 44.8 Å². The molecule has 2 aromatic heterocycles. The van der Waals surface area contributed by atoms with E-state index in [0.29, 0.717) is 26.4 Å². The molecular formula is C23H23IN4O4. The second-order valence-corrected chi connectivity index (χ2v) is 9.58. The minimum atomic E-state index is -0.613. The van der Waals surface area contributed by atoms with Crippen LogP contribution in [0, 0.1) is 15.0 Å².